The predicted octanol–water partition coefficient (Wildman–Crippen LogP) is 2.54. The lowest BCUT2D eigenvalue weighted by Crippen LogP contribution is -2.29. The van der Waals surface area contributed by atoms with Gasteiger partial charge in [0.2, 0.25) is 0 Å². The molecule has 1 aromatic heterocycles. The number of rotatable bonds is 4. The number of aryl methyl sites for hydroxylation is 2. The molecule has 114 valence electrons. The van der Waals surface area contributed by atoms with Gasteiger partial charge < -0.3 is 10.4 Å². The van der Waals surface area contributed by atoms with Gasteiger partial charge in [0.05, 0.1) is 11.1 Å². The maximum absolute atomic E-state index is 12.4. The third kappa shape index (κ3) is 2.79. The van der Waals surface area contributed by atoms with Gasteiger partial charge in [-0.15, -0.1) is 0 Å². The molecule has 1 fully saturated rings. The van der Waals surface area contributed by atoms with Crippen LogP contribution in [0.4, 0.5) is 0 Å². The van der Waals surface area contributed by atoms with Gasteiger partial charge in [-0.3, -0.25) is 14.6 Å². The normalized spacial score (nSPS) is 14.1. The highest BCUT2D eigenvalue weighted by molar-refractivity contribution is 6.07. The van der Waals surface area contributed by atoms with Gasteiger partial charge in [0.25, 0.3) is 5.91 Å². The summed E-state index contributed by atoms with van der Waals surface area (Å²) in [6.45, 7) is 3.57. The molecule has 1 heterocycles. The molecule has 22 heavy (non-hydrogen) atoms. The molecule has 0 radical (unpaired) electrons. The Bertz CT molecular complexity index is 779. The van der Waals surface area contributed by atoms with Crippen molar-refractivity contribution in [1.82, 2.24) is 10.3 Å². The van der Waals surface area contributed by atoms with Crippen LogP contribution in [0.2, 0.25) is 0 Å². The lowest BCUT2D eigenvalue weighted by molar-refractivity contribution is -0.135. The second-order valence-electron chi connectivity index (χ2n) is 5.92. The molecule has 1 aliphatic rings. The molecule has 2 N–H and O–H groups in total. The Morgan fingerprint density at radius 3 is 2.64 bits per heavy atom. The van der Waals surface area contributed by atoms with Gasteiger partial charge in [0.15, 0.2) is 0 Å². The number of nitrogens with zero attached hydrogens (tertiary/aromatic N) is 1. The third-order valence-corrected chi connectivity index (χ3v) is 3.91. The zero-order chi connectivity index (χ0) is 15.9. The topological polar surface area (TPSA) is 79.3 Å². The zero-order valence-electron chi connectivity index (χ0n) is 12.6. The Kier molecular flexibility index (Phi) is 3.56. The number of carbonyl (C=O) groups excluding carboxylic acids is 1. The van der Waals surface area contributed by atoms with Gasteiger partial charge in [-0.25, -0.2) is 0 Å². The molecular formula is C17H18N2O3. The van der Waals surface area contributed by atoms with Crippen LogP contribution in [-0.4, -0.2) is 28.5 Å². The fourth-order valence-corrected chi connectivity index (χ4v) is 2.73. The van der Waals surface area contributed by atoms with Crippen molar-refractivity contribution in [2.24, 2.45) is 0 Å². The molecule has 0 bridgehead atoms. The summed E-state index contributed by atoms with van der Waals surface area (Å²) in [4.78, 5) is 27.8. The Balaban J connectivity index is 2.13. The zero-order valence-corrected chi connectivity index (χ0v) is 12.6. The summed E-state index contributed by atoms with van der Waals surface area (Å²) in [5.41, 5.74) is 4.36. The maximum Gasteiger partial charge on any atom is 0.322 e. The number of fused-ring (bicyclic) bond motifs is 1. The van der Waals surface area contributed by atoms with Crippen molar-refractivity contribution in [2.45, 2.75) is 32.6 Å². The van der Waals surface area contributed by atoms with E-state index in [1.54, 1.807) is 0 Å². The van der Waals surface area contributed by atoms with Crippen molar-refractivity contribution in [1.29, 1.82) is 0 Å². The van der Waals surface area contributed by atoms with E-state index >= 15 is 0 Å². The van der Waals surface area contributed by atoms with E-state index in [0.29, 0.717) is 11.5 Å². The first kappa shape index (κ1) is 14.5. The van der Waals surface area contributed by atoms with Gasteiger partial charge in [-0.2, -0.15) is 0 Å². The lowest BCUT2D eigenvalue weighted by Gasteiger charge is -2.12. The van der Waals surface area contributed by atoms with E-state index in [1.165, 1.54) is 0 Å². The summed E-state index contributed by atoms with van der Waals surface area (Å²) in [5, 5.41) is 12.0. The molecule has 0 spiro atoms. The Labute approximate surface area is 128 Å². The maximum atomic E-state index is 12.4. The van der Waals surface area contributed by atoms with Crippen molar-refractivity contribution in [3.8, 4) is 0 Å². The molecule has 1 amide bonds. The number of carboxylic acids is 1. The van der Waals surface area contributed by atoms with E-state index in [4.69, 9.17) is 10.1 Å². The number of hydrogen-bond donors (Lipinski definition) is 2. The summed E-state index contributed by atoms with van der Waals surface area (Å²) >= 11 is 0. The number of hydrogen-bond acceptors (Lipinski definition) is 3. The molecule has 1 aliphatic carbocycles. The van der Waals surface area contributed by atoms with Crippen LogP contribution in [0.1, 0.15) is 45.9 Å². The number of aliphatic carboxylic acids is 1. The fraction of sp³-hybridized carbons (Fsp3) is 0.353. The average Bonchev–Trinajstić information content (AvgIpc) is 3.28. The summed E-state index contributed by atoms with van der Waals surface area (Å²) in [7, 11) is 0. The van der Waals surface area contributed by atoms with Gasteiger partial charge in [0, 0.05) is 17.0 Å². The van der Waals surface area contributed by atoms with Gasteiger partial charge in [0.1, 0.15) is 6.54 Å². The van der Waals surface area contributed by atoms with E-state index in [0.717, 1.165) is 40.6 Å². The Morgan fingerprint density at radius 2 is 2.00 bits per heavy atom. The molecule has 0 aliphatic heterocycles. The van der Waals surface area contributed by atoms with E-state index in [9.17, 15) is 9.59 Å². The van der Waals surface area contributed by atoms with Gasteiger partial charge in [-0.05, 0) is 44.4 Å². The number of nitrogens with one attached hydrogen (secondary N) is 1. The summed E-state index contributed by atoms with van der Waals surface area (Å²) in [6, 6.07) is 5.79. The van der Waals surface area contributed by atoms with Crippen molar-refractivity contribution >= 4 is 22.8 Å². The molecule has 1 saturated carbocycles. The van der Waals surface area contributed by atoms with Crippen molar-refractivity contribution in [3.63, 3.8) is 0 Å². The molecule has 5 heteroatoms. The van der Waals surface area contributed by atoms with Crippen LogP contribution in [0.3, 0.4) is 0 Å². The quantitative estimate of drug-likeness (QED) is 0.909. The second-order valence-corrected chi connectivity index (χ2v) is 5.92. The minimum atomic E-state index is -1.05. The lowest BCUT2D eigenvalue weighted by atomic mass is 10.00. The van der Waals surface area contributed by atoms with E-state index < -0.39 is 5.97 Å². The second kappa shape index (κ2) is 5.40. The fourth-order valence-electron chi connectivity index (χ4n) is 2.73. The minimum Gasteiger partial charge on any atom is -0.480 e. The van der Waals surface area contributed by atoms with Gasteiger partial charge >= 0.3 is 5.97 Å². The first-order chi connectivity index (χ1) is 10.5. The van der Waals surface area contributed by atoms with Crippen molar-refractivity contribution in [2.75, 3.05) is 6.54 Å². The Morgan fingerprint density at radius 1 is 1.27 bits per heavy atom. The van der Waals surface area contributed by atoms with Gasteiger partial charge in [-0.1, -0.05) is 11.6 Å². The Hall–Kier alpha value is -2.43. The number of carbonyl (C=O) groups is 2. The van der Waals surface area contributed by atoms with Crippen LogP contribution in [0.5, 0.6) is 0 Å². The predicted molar refractivity (Wildman–Crippen MR) is 83.2 cm³/mol. The van der Waals surface area contributed by atoms with Crippen LogP contribution in [0.15, 0.2) is 18.2 Å². The standard InChI is InChI=1S/C17H18N2O3/c1-9-5-10(2)16-12(6-9)13(17(22)18-8-15(20)21)7-14(19-16)11-3-4-11/h5-7,11H,3-4,8H2,1-2H3,(H,18,22)(H,20,21). The van der Waals surface area contributed by atoms with Crippen LogP contribution < -0.4 is 5.32 Å². The molecular weight excluding hydrogens is 280 g/mol. The van der Waals surface area contributed by atoms with Crippen LogP contribution in [0, 0.1) is 13.8 Å². The number of pyridine rings is 1. The number of benzene rings is 1. The first-order valence-electron chi connectivity index (χ1n) is 7.37. The van der Waals surface area contributed by atoms with Crippen LogP contribution in [0.25, 0.3) is 10.9 Å². The van der Waals surface area contributed by atoms with E-state index in [-0.39, 0.29) is 12.5 Å². The number of aromatic nitrogens is 1. The first-order valence-corrected chi connectivity index (χ1v) is 7.37. The molecule has 2 aromatic rings. The highest BCUT2D eigenvalue weighted by Gasteiger charge is 2.27. The SMILES string of the molecule is Cc1cc(C)c2nc(C3CC3)cc(C(=O)NCC(=O)O)c2c1. The van der Waals surface area contributed by atoms with E-state index in [2.05, 4.69) is 5.32 Å². The largest absolute Gasteiger partial charge is 0.480 e. The molecule has 0 unspecified atom stereocenters. The number of amides is 1. The summed E-state index contributed by atoms with van der Waals surface area (Å²) in [6.07, 6.45) is 2.19. The minimum absolute atomic E-state index is 0.360. The van der Waals surface area contributed by atoms with Crippen LogP contribution >= 0.6 is 0 Å². The summed E-state index contributed by atoms with van der Waals surface area (Å²) < 4.78 is 0. The van der Waals surface area contributed by atoms with E-state index in [1.807, 2.05) is 32.0 Å². The highest BCUT2D eigenvalue weighted by atomic mass is 16.4. The smallest absolute Gasteiger partial charge is 0.322 e. The molecule has 0 atom stereocenters. The van der Waals surface area contributed by atoms with Crippen molar-refractivity contribution < 1.29 is 14.7 Å². The molecule has 1 aromatic carbocycles. The molecule has 0 saturated heterocycles. The molecule has 5 nitrogen and oxygen atoms in total. The highest BCUT2D eigenvalue weighted by Crippen LogP contribution is 2.40. The monoisotopic (exact) mass is 298 g/mol. The summed E-state index contributed by atoms with van der Waals surface area (Å²) in [5.74, 6) is -0.987. The number of carboxylic acid groups (broad SMARTS) is 1. The average molecular weight is 298 g/mol. The van der Waals surface area contributed by atoms with Crippen LogP contribution in [-0.2, 0) is 4.79 Å². The molecule has 3 rings (SSSR count). The third-order valence-electron chi connectivity index (χ3n) is 3.91. The van der Waals surface area contributed by atoms with Crippen molar-refractivity contribution in [3.05, 3.63) is 40.6 Å².